The summed E-state index contributed by atoms with van der Waals surface area (Å²) in [6, 6.07) is 0.667. The van der Waals surface area contributed by atoms with Gasteiger partial charge in [0.1, 0.15) is 0 Å². The van der Waals surface area contributed by atoms with E-state index in [0.29, 0.717) is 6.04 Å². The zero-order valence-corrected chi connectivity index (χ0v) is 9.71. The molecule has 0 bridgehead atoms. The molecule has 0 atom stereocenters. The molecule has 0 rings (SSSR count). The second kappa shape index (κ2) is 7.34. The van der Waals surface area contributed by atoms with E-state index >= 15 is 0 Å². The van der Waals surface area contributed by atoms with E-state index < -0.39 is 0 Å². The topological polar surface area (TPSA) is 29.3 Å². The number of rotatable bonds is 7. The summed E-state index contributed by atoms with van der Waals surface area (Å²) in [5.41, 5.74) is 5.47. The van der Waals surface area contributed by atoms with Gasteiger partial charge in [0.2, 0.25) is 0 Å². The molecular weight excluding hydrogens is 160 g/mol. The van der Waals surface area contributed by atoms with Gasteiger partial charge in [-0.1, -0.05) is 13.8 Å². The molecule has 0 fully saturated rings. The summed E-state index contributed by atoms with van der Waals surface area (Å²) < 4.78 is 0. The molecule has 13 heavy (non-hydrogen) atoms. The van der Waals surface area contributed by atoms with Crippen molar-refractivity contribution in [3.05, 3.63) is 0 Å². The van der Waals surface area contributed by atoms with E-state index in [4.69, 9.17) is 5.73 Å². The third kappa shape index (κ3) is 7.03. The molecule has 0 aliphatic carbocycles. The minimum Gasteiger partial charge on any atom is -0.330 e. The average molecular weight is 186 g/mol. The molecule has 0 heterocycles. The van der Waals surface area contributed by atoms with Crippen molar-refractivity contribution < 1.29 is 0 Å². The third-order valence-corrected chi connectivity index (χ3v) is 2.23. The lowest BCUT2D eigenvalue weighted by molar-refractivity contribution is 0.194. The highest BCUT2D eigenvalue weighted by atomic mass is 15.1. The van der Waals surface area contributed by atoms with E-state index in [1.165, 1.54) is 19.5 Å². The summed E-state index contributed by atoms with van der Waals surface area (Å²) in [4.78, 5) is 2.54. The van der Waals surface area contributed by atoms with Crippen molar-refractivity contribution in [1.82, 2.24) is 4.90 Å². The van der Waals surface area contributed by atoms with E-state index in [2.05, 4.69) is 32.6 Å². The first-order valence-corrected chi connectivity index (χ1v) is 5.52. The van der Waals surface area contributed by atoms with Crippen LogP contribution in [0.25, 0.3) is 0 Å². The maximum absolute atomic E-state index is 5.47. The lowest BCUT2D eigenvalue weighted by Gasteiger charge is -2.28. The Balaban J connectivity index is 3.67. The largest absolute Gasteiger partial charge is 0.330 e. The molecule has 0 aromatic rings. The van der Waals surface area contributed by atoms with E-state index in [-0.39, 0.29) is 0 Å². The number of hydrogen-bond acceptors (Lipinski definition) is 2. The Kier molecular flexibility index (Phi) is 7.29. The number of nitrogens with two attached hydrogens (primary N) is 1. The first-order valence-electron chi connectivity index (χ1n) is 5.52. The Morgan fingerprint density at radius 1 is 1.08 bits per heavy atom. The van der Waals surface area contributed by atoms with Gasteiger partial charge in [0.25, 0.3) is 0 Å². The van der Waals surface area contributed by atoms with Crippen LogP contribution in [0.1, 0.15) is 40.5 Å². The van der Waals surface area contributed by atoms with Crippen LogP contribution in [0, 0.1) is 5.92 Å². The molecule has 0 aliphatic heterocycles. The van der Waals surface area contributed by atoms with Gasteiger partial charge in [-0.15, -0.1) is 0 Å². The second-order valence-electron chi connectivity index (χ2n) is 4.48. The van der Waals surface area contributed by atoms with Gasteiger partial charge in [0.05, 0.1) is 0 Å². The van der Waals surface area contributed by atoms with Gasteiger partial charge in [-0.25, -0.2) is 0 Å². The van der Waals surface area contributed by atoms with Crippen LogP contribution in [0.3, 0.4) is 0 Å². The fourth-order valence-electron chi connectivity index (χ4n) is 1.49. The van der Waals surface area contributed by atoms with Gasteiger partial charge in [-0.05, 0) is 45.7 Å². The summed E-state index contributed by atoms with van der Waals surface area (Å²) in [6.45, 7) is 12.3. The maximum atomic E-state index is 5.47. The molecule has 2 heteroatoms. The SMILES string of the molecule is CC(C)CN(CCCCN)C(C)C. The smallest absolute Gasteiger partial charge is 0.00387 e. The summed E-state index contributed by atoms with van der Waals surface area (Å²) in [5, 5.41) is 0. The van der Waals surface area contributed by atoms with Gasteiger partial charge in [0, 0.05) is 12.6 Å². The molecule has 0 radical (unpaired) electrons. The van der Waals surface area contributed by atoms with Crippen molar-refractivity contribution in [3.8, 4) is 0 Å². The molecule has 0 unspecified atom stereocenters. The first kappa shape index (κ1) is 12.9. The number of nitrogens with zero attached hydrogens (tertiary/aromatic N) is 1. The quantitative estimate of drug-likeness (QED) is 0.617. The maximum Gasteiger partial charge on any atom is 0.00387 e. The standard InChI is InChI=1S/C11H26N2/c1-10(2)9-13(11(3)4)8-6-5-7-12/h10-11H,5-9,12H2,1-4H3. The monoisotopic (exact) mass is 186 g/mol. The fourth-order valence-corrected chi connectivity index (χ4v) is 1.49. The van der Waals surface area contributed by atoms with E-state index in [1.807, 2.05) is 0 Å². The zero-order chi connectivity index (χ0) is 10.3. The van der Waals surface area contributed by atoms with Crippen molar-refractivity contribution in [2.24, 2.45) is 11.7 Å². The van der Waals surface area contributed by atoms with Crippen LogP contribution in [0.4, 0.5) is 0 Å². The Hall–Kier alpha value is -0.0800. The van der Waals surface area contributed by atoms with Gasteiger partial charge in [-0.3, -0.25) is 0 Å². The molecule has 0 aromatic heterocycles. The predicted molar refractivity (Wildman–Crippen MR) is 59.8 cm³/mol. The molecule has 80 valence electrons. The van der Waals surface area contributed by atoms with Crippen LogP contribution in [0.15, 0.2) is 0 Å². The Bertz CT molecular complexity index is 111. The van der Waals surface area contributed by atoms with Crippen LogP contribution >= 0.6 is 0 Å². The zero-order valence-electron chi connectivity index (χ0n) is 9.71. The van der Waals surface area contributed by atoms with E-state index in [1.54, 1.807) is 0 Å². The number of hydrogen-bond donors (Lipinski definition) is 1. The molecular formula is C11H26N2. The van der Waals surface area contributed by atoms with Crippen molar-refractivity contribution in [3.63, 3.8) is 0 Å². The predicted octanol–water partition coefficient (Wildman–Crippen LogP) is 2.09. The van der Waals surface area contributed by atoms with Crippen molar-refractivity contribution in [2.75, 3.05) is 19.6 Å². The lowest BCUT2D eigenvalue weighted by atomic mass is 10.1. The van der Waals surface area contributed by atoms with Gasteiger partial charge in [-0.2, -0.15) is 0 Å². The molecule has 0 aliphatic rings. The molecule has 2 N–H and O–H groups in total. The average Bonchev–Trinajstić information content (AvgIpc) is 2.02. The lowest BCUT2D eigenvalue weighted by Crippen LogP contribution is -2.35. The van der Waals surface area contributed by atoms with Crippen LogP contribution in [0.2, 0.25) is 0 Å². The van der Waals surface area contributed by atoms with Gasteiger partial charge < -0.3 is 10.6 Å². The van der Waals surface area contributed by atoms with E-state index in [0.717, 1.165) is 18.9 Å². The van der Waals surface area contributed by atoms with Crippen molar-refractivity contribution >= 4 is 0 Å². The minimum absolute atomic E-state index is 0.667. The Morgan fingerprint density at radius 2 is 1.69 bits per heavy atom. The highest BCUT2D eigenvalue weighted by Gasteiger charge is 2.09. The first-order chi connectivity index (χ1) is 6.07. The second-order valence-corrected chi connectivity index (χ2v) is 4.48. The summed E-state index contributed by atoms with van der Waals surface area (Å²) >= 11 is 0. The summed E-state index contributed by atoms with van der Waals surface area (Å²) in [7, 11) is 0. The summed E-state index contributed by atoms with van der Waals surface area (Å²) in [6.07, 6.45) is 2.39. The van der Waals surface area contributed by atoms with Crippen molar-refractivity contribution in [2.45, 2.75) is 46.6 Å². The number of unbranched alkanes of at least 4 members (excludes halogenated alkanes) is 1. The van der Waals surface area contributed by atoms with Crippen LogP contribution in [0.5, 0.6) is 0 Å². The Labute approximate surface area is 83.5 Å². The van der Waals surface area contributed by atoms with E-state index in [9.17, 15) is 0 Å². The van der Waals surface area contributed by atoms with Gasteiger partial charge >= 0.3 is 0 Å². The Morgan fingerprint density at radius 3 is 2.08 bits per heavy atom. The highest BCUT2D eigenvalue weighted by Crippen LogP contribution is 2.05. The molecule has 0 spiro atoms. The highest BCUT2D eigenvalue weighted by molar-refractivity contribution is 4.64. The van der Waals surface area contributed by atoms with Crippen LogP contribution in [-0.4, -0.2) is 30.6 Å². The molecule has 0 saturated carbocycles. The molecule has 0 saturated heterocycles. The summed E-state index contributed by atoms with van der Waals surface area (Å²) in [5.74, 6) is 0.764. The van der Waals surface area contributed by atoms with Crippen molar-refractivity contribution in [1.29, 1.82) is 0 Å². The molecule has 0 aromatic carbocycles. The molecule has 0 amide bonds. The van der Waals surface area contributed by atoms with Gasteiger partial charge in [0.15, 0.2) is 0 Å². The fraction of sp³-hybridized carbons (Fsp3) is 1.00. The minimum atomic E-state index is 0.667. The van der Waals surface area contributed by atoms with Crippen LogP contribution in [-0.2, 0) is 0 Å². The third-order valence-electron chi connectivity index (χ3n) is 2.23. The molecule has 2 nitrogen and oxygen atoms in total. The van der Waals surface area contributed by atoms with Crippen LogP contribution < -0.4 is 5.73 Å². The normalized spacial score (nSPS) is 12.0.